The quantitative estimate of drug-likeness (QED) is 0.505. The van der Waals surface area contributed by atoms with Crippen LogP contribution < -0.4 is 25.0 Å². The number of benzene rings is 2. The fraction of sp³-hybridized carbons (Fsp3) is 0.296. The summed E-state index contributed by atoms with van der Waals surface area (Å²) in [6.45, 7) is 3.07. The molecule has 1 aliphatic rings. The first-order valence-corrected chi connectivity index (χ1v) is 11.8. The normalized spacial score (nSPS) is 13.2. The van der Waals surface area contributed by atoms with E-state index in [0.29, 0.717) is 50.6 Å². The number of nitrogens with one attached hydrogen (secondary N) is 2. The molecule has 0 saturated carbocycles. The van der Waals surface area contributed by atoms with Gasteiger partial charge in [0.1, 0.15) is 17.3 Å². The molecule has 9 nitrogen and oxygen atoms in total. The number of carbonyl (C=O) groups is 2. The van der Waals surface area contributed by atoms with Crippen LogP contribution in [0.25, 0.3) is 0 Å². The lowest BCUT2D eigenvalue weighted by molar-refractivity contribution is 0.0950. The molecule has 1 aromatic heterocycles. The molecule has 2 aromatic carbocycles. The molecular formula is C27H31N5O4. The number of hydrogen-bond acceptors (Lipinski definition) is 6. The molecule has 0 atom stereocenters. The summed E-state index contributed by atoms with van der Waals surface area (Å²) in [6.07, 6.45) is 1.68. The van der Waals surface area contributed by atoms with Crippen LogP contribution in [0.15, 0.2) is 66.9 Å². The molecule has 2 heterocycles. The summed E-state index contributed by atoms with van der Waals surface area (Å²) >= 11 is 0. The third-order valence-electron chi connectivity index (χ3n) is 6.09. The fourth-order valence-corrected chi connectivity index (χ4v) is 4.04. The molecule has 0 unspecified atom stereocenters. The van der Waals surface area contributed by atoms with E-state index in [-0.39, 0.29) is 11.9 Å². The number of pyridine rings is 1. The summed E-state index contributed by atoms with van der Waals surface area (Å²) in [5.41, 5.74) is 2.46. The predicted molar refractivity (Wildman–Crippen MR) is 137 cm³/mol. The van der Waals surface area contributed by atoms with Crippen molar-refractivity contribution in [3.05, 3.63) is 83.6 Å². The SMILES string of the molecule is COc1ccc(CNC(=O)c2cccnc2N2CCN(C(=O)NCc3cccc(OC)c3)CC2)cc1. The maximum Gasteiger partial charge on any atom is 0.317 e. The predicted octanol–water partition coefficient (Wildman–Crippen LogP) is 3.06. The number of methoxy groups -OCH3 is 2. The van der Waals surface area contributed by atoms with Gasteiger partial charge in [-0.15, -0.1) is 0 Å². The Hall–Kier alpha value is -4.27. The number of amides is 3. The molecular weight excluding hydrogens is 458 g/mol. The van der Waals surface area contributed by atoms with E-state index < -0.39 is 0 Å². The first-order chi connectivity index (χ1) is 17.6. The lowest BCUT2D eigenvalue weighted by Crippen LogP contribution is -2.52. The number of carbonyl (C=O) groups excluding carboxylic acids is 2. The van der Waals surface area contributed by atoms with Crippen molar-refractivity contribution in [2.75, 3.05) is 45.3 Å². The molecule has 188 valence electrons. The van der Waals surface area contributed by atoms with Gasteiger partial charge in [0.05, 0.1) is 19.8 Å². The number of hydrogen-bond donors (Lipinski definition) is 2. The van der Waals surface area contributed by atoms with Crippen molar-refractivity contribution in [3.8, 4) is 11.5 Å². The molecule has 0 aliphatic carbocycles. The van der Waals surface area contributed by atoms with Crippen LogP contribution in [0, 0.1) is 0 Å². The smallest absolute Gasteiger partial charge is 0.317 e. The van der Waals surface area contributed by atoms with E-state index in [1.54, 1.807) is 37.4 Å². The molecule has 1 aliphatic heterocycles. The summed E-state index contributed by atoms with van der Waals surface area (Å²) in [5, 5.41) is 5.94. The molecule has 9 heteroatoms. The highest BCUT2D eigenvalue weighted by Crippen LogP contribution is 2.20. The van der Waals surface area contributed by atoms with E-state index in [1.807, 2.05) is 53.4 Å². The Morgan fingerprint density at radius 2 is 1.56 bits per heavy atom. The van der Waals surface area contributed by atoms with Gasteiger partial charge in [0.2, 0.25) is 0 Å². The number of urea groups is 1. The number of nitrogens with zero attached hydrogens (tertiary/aromatic N) is 3. The zero-order valence-corrected chi connectivity index (χ0v) is 20.6. The molecule has 3 aromatic rings. The highest BCUT2D eigenvalue weighted by Gasteiger charge is 2.25. The average Bonchev–Trinajstić information content (AvgIpc) is 2.95. The zero-order valence-electron chi connectivity index (χ0n) is 20.6. The van der Waals surface area contributed by atoms with Gasteiger partial charge in [-0.1, -0.05) is 24.3 Å². The number of ether oxygens (including phenoxy) is 2. The van der Waals surface area contributed by atoms with Crippen molar-refractivity contribution >= 4 is 17.8 Å². The summed E-state index contributed by atoms with van der Waals surface area (Å²) in [4.78, 5) is 34.0. The minimum absolute atomic E-state index is 0.115. The Morgan fingerprint density at radius 1 is 0.833 bits per heavy atom. The minimum atomic E-state index is -0.188. The molecule has 3 amide bonds. The molecule has 1 saturated heterocycles. The van der Waals surface area contributed by atoms with Crippen LogP contribution in [0.4, 0.5) is 10.6 Å². The van der Waals surface area contributed by atoms with Crippen LogP contribution in [0.2, 0.25) is 0 Å². The van der Waals surface area contributed by atoms with Crippen molar-refractivity contribution in [2.24, 2.45) is 0 Å². The van der Waals surface area contributed by atoms with Gasteiger partial charge in [-0.05, 0) is 47.5 Å². The van der Waals surface area contributed by atoms with Gasteiger partial charge in [-0.25, -0.2) is 9.78 Å². The molecule has 36 heavy (non-hydrogen) atoms. The van der Waals surface area contributed by atoms with Gasteiger partial charge in [-0.2, -0.15) is 0 Å². The van der Waals surface area contributed by atoms with Gasteiger partial charge < -0.3 is 29.9 Å². The molecule has 0 spiro atoms. The highest BCUT2D eigenvalue weighted by molar-refractivity contribution is 5.98. The first-order valence-electron chi connectivity index (χ1n) is 11.8. The molecule has 1 fully saturated rings. The summed E-state index contributed by atoms with van der Waals surface area (Å²) in [6, 6.07) is 18.6. The number of rotatable bonds is 8. The Bertz CT molecular complexity index is 1180. The summed E-state index contributed by atoms with van der Waals surface area (Å²) in [7, 11) is 3.24. The number of anilines is 1. The van der Waals surface area contributed by atoms with Crippen molar-refractivity contribution in [1.29, 1.82) is 0 Å². The third kappa shape index (κ3) is 6.24. The first kappa shape index (κ1) is 24.8. The third-order valence-corrected chi connectivity index (χ3v) is 6.09. The second-order valence-electron chi connectivity index (χ2n) is 8.39. The van der Waals surface area contributed by atoms with Gasteiger partial charge in [0.25, 0.3) is 5.91 Å². The average molecular weight is 490 g/mol. The lowest BCUT2D eigenvalue weighted by atomic mass is 10.2. The highest BCUT2D eigenvalue weighted by atomic mass is 16.5. The molecule has 4 rings (SSSR count). The Kier molecular flexibility index (Phi) is 8.23. The van der Waals surface area contributed by atoms with E-state index in [2.05, 4.69) is 15.6 Å². The Balaban J connectivity index is 1.30. The maximum atomic E-state index is 13.0. The molecule has 2 N–H and O–H groups in total. The van der Waals surface area contributed by atoms with E-state index in [4.69, 9.17) is 9.47 Å². The lowest BCUT2D eigenvalue weighted by Gasteiger charge is -2.36. The van der Waals surface area contributed by atoms with E-state index in [0.717, 1.165) is 22.6 Å². The molecule has 0 radical (unpaired) electrons. The standard InChI is InChI=1S/C27H31N5O4/c1-35-22-10-8-20(9-11-22)18-29-26(33)24-7-4-12-28-25(24)31-13-15-32(16-14-31)27(34)30-19-21-5-3-6-23(17-21)36-2/h3-12,17H,13-16,18-19H2,1-2H3,(H,29,33)(H,30,34). The summed E-state index contributed by atoms with van der Waals surface area (Å²) in [5.74, 6) is 1.97. The summed E-state index contributed by atoms with van der Waals surface area (Å²) < 4.78 is 10.4. The van der Waals surface area contributed by atoms with Crippen molar-refractivity contribution in [3.63, 3.8) is 0 Å². The second-order valence-corrected chi connectivity index (χ2v) is 8.39. The van der Waals surface area contributed by atoms with E-state index >= 15 is 0 Å². The monoisotopic (exact) mass is 489 g/mol. The minimum Gasteiger partial charge on any atom is -0.497 e. The van der Waals surface area contributed by atoms with E-state index in [1.165, 1.54) is 0 Å². The Labute approximate surface area is 211 Å². The van der Waals surface area contributed by atoms with Crippen LogP contribution in [-0.2, 0) is 13.1 Å². The van der Waals surface area contributed by atoms with Crippen LogP contribution in [-0.4, -0.2) is 62.2 Å². The number of piperazine rings is 1. The van der Waals surface area contributed by atoms with Gasteiger partial charge in [0.15, 0.2) is 0 Å². The van der Waals surface area contributed by atoms with Crippen LogP contribution in [0.5, 0.6) is 11.5 Å². The Morgan fingerprint density at radius 3 is 2.28 bits per heavy atom. The number of aromatic nitrogens is 1. The largest absolute Gasteiger partial charge is 0.497 e. The maximum absolute atomic E-state index is 13.0. The fourth-order valence-electron chi connectivity index (χ4n) is 4.04. The van der Waals surface area contributed by atoms with Gasteiger partial charge in [-0.3, -0.25) is 4.79 Å². The van der Waals surface area contributed by atoms with Gasteiger partial charge in [0, 0.05) is 45.5 Å². The topological polar surface area (TPSA) is 96.0 Å². The van der Waals surface area contributed by atoms with E-state index in [9.17, 15) is 9.59 Å². The van der Waals surface area contributed by atoms with Crippen LogP contribution >= 0.6 is 0 Å². The van der Waals surface area contributed by atoms with Crippen molar-refractivity contribution < 1.29 is 19.1 Å². The second kappa shape index (κ2) is 11.9. The van der Waals surface area contributed by atoms with Crippen LogP contribution in [0.1, 0.15) is 21.5 Å². The zero-order chi connectivity index (χ0) is 25.3. The van der Waals surface area contributed by atoms with Crippen LogP contribution in [0.3, 0.4) is 0 Å². The van der Waals surface area contributed by atoms with Crippen molar-refractivity contribution in [1.82, 2.24) is 20.5 Å². The van der Waals surface area contributed by atoms with Gasteiger partial charge >= 0.3 is 6.03 Å². The van der Waals surface area contributed by atoms with Crippen molar-refractivity contribution in [2.45, 2.75) is 13.1 Å². The molecule has 0 bridgehead atoms.